The zero-order chi connectivity index (χ0) is 15.8. The van der Waals surface area contributed by atoms with Crippen LogP contribution in [0.1, 0.15) is 5.69 Å². The third-order valence-corrected chi connectivity index (χ3v) is 4.13. The molecule has 4 rings (SSSR count). The van der Waals surface area contributed by atoms with E-state index < -0.39 is 0 Å². The maximum atomic E-state index is 5.98. The fraction of sp³-hybridized carbons (Fsp3) is 0.0526. The summed E-state index contributed by atoms with van der Waals surface area (Å²) in [5.41, 5.74) is 6.01. The lowest BCUT2D eigenvalue weighted by Crippen LogP contribution is -1.97. The van der Waals surface area contributed by atoms with Crippen molar-refractivity contribution < 1.29 is 0 Å². The topological polar surface area (TPSA) is 30.2 Å². The highest BCUT2D eigenvalue weighted by molar-refractivity contribution is 6.30. The first-order valence-corrected chi connectivity index (χ1v) is 7.77. The molecule has 0 fully saturated rings. The lowest BCUT2D eigenvalue weighted by Gasteiger charge is -2.06. The standard InChI is InChI=1S/C19H14ClN3/c1-13-11-18(15-7-9-16(20)10-8-15)22-19-17(12-21-23(13)19)14-5-3-2-4-6-14/h2-12H,1H3. The molecular formula is C19H14ClN3. The van der Waals surface area contributed by atoms with Gasteiger partial charge in [-0.2, -0.15) is 5.10 Å². The maximum Gasteiger partial charge on any atom is 0.163 e. The predicted molar refractivity (Wildman–Crippen MR) is 93.6 cm³/mol. The van der Waals surface area contributed by atoms with Crippen molar-refractivity contribution in [3.8, 4) is 22.4 Å². The van der Waals surface area contributed by atoms with Crippen LogP contribution >= 0.6 is 11.6 Å². The Morgan fingerprint density at radius 2 is 1.65 bits per heavy atom. The molecule has 0 aliphatic heterocycles. The summed E-state index contributed by atoms with van der Waals surface area (Å²) in [6.45, 7) is 2.04. The molecule has 4 heteroatoms. The molecule has 0 saturated heterocycles. The highest BCUT2D eigenvalue weighted by Gasteiger charge is 2.12. The van der Waals surface area contributed by atoms with Gasteiger partial charge in [-0.25, -0.2) is 9.50 Å². The van der Waals surface area contributed by atoms with Gasteiger partial charge in [0.1, 0.15) is 0 Å². The molecule has 0 bridgehead atoms. The molecule has 2 aromatic carbocycles. The third kappa shape index (κ3) is 2.49. The molecule has 0 radical (unpaired) electrons. The third-order valence-electron chi connectivity index (χ3n) is 3.87. The minimum atomic E-state index is 0.723. The van der Waals surface area contributed by atoms with Gasteiger partial charge in [-0.05, 0) is 30.7 Å². The molecule has 0 saturated carbocycles. The molecule has 2 heterocycles. The molecule has 112 valence electrons. The van der Waals surface area contributed by atoms with Crippen LogP contribution in [0.15, 0.2) is 66.9 Å². The molecule has 0 aliphatic carbocycles. The van der Waals surface area contributed by atoms with Crippen molar-refractivity contribution in [3.05, 3.63) is 77.6 Å². The zero-order valence-corrected chi connectivity index (χ0v) is 13.3. The van der Waals surface area contributed by atoms with Crippen LogP contribution in [0.2, 0.25) is 5.02 Å². The summed E-state index contributed by atoms with van der Waals surface area (Å²) in [4.78, 5) is 4.83. The average Bonchev–Trinajstić information content (AvgIpc) is 3.01. The van der Waals surface area contributed by atoms with E-state index in [4.69, 9.17) is 16.6 Å². The summed E-state index contributed by atoms with van der Waals surface area (Å²) in [6.07, 6.45) is 1.87. The van der Waals surface area contributed by atoms with Crippen LogP contribution in [0.5, 0.6) is 0 Å². The number of hydrogen-bond acceptors (Lipinski definition) is 2. The molecule has 2 aromatic heterocycles. The second kappa shape index (κ2) is 5.52. The molecule has 3 nitrogen and oxygen atoms in total. The van der Waals surface area contributed by atoms with E-state index in [-0.39, 0.29) is 0 Å². The monoisotopic (exact) mass is 319 g/mol. The number of hydrogen-bond donors (Lipinski definition) is 0. The van der Waals surface area contributed by atoms with Gasteiger partial charge in [-0.1, -0.05) is 54.1 Å². The first kappa shape index (κ1) is 14.0. The van der Waals surface area contributed by atoms with Gasteiger partial charge in [0.05, 0.1) is 11.9 Å². The lowest BCUT2D eigenvalue weighted by atomic mass is 10.1. The Balaban J connectivity index is 1.93. The number of rotatable bonds is 2. The van der Waals surface area contributed by atoms with Gasteiger partial charge >= 0.3 is 0 Å². The highest BCUT2D eigenvalue weighted by atomic mass is 35.5. The fourth-order valence-corrected chi connectivity index (χ4v) is 2.83. The van der Waals surface area contributed by atoms with Crippen molar-refractivity contribution in [2.45, 2.75) is 6.92 Å². The van der Waals surface area contributed by atoms with E-state index >= 15 is 0 Å². The molecule has 23 heavy (non-hydrogen) atoms. The molecule has 0 aliphatic rings. The van der Waals surface area contributed by atoms with E-state index in [1.807, 2.05) is 66.2 Å². The van der Waals surface area contributed by atoms with Gasteiger partial charge in [0.15, 0.2) is 5.65 Å². The van der Waals surface area contributed by atoms with Gasteiger partial charge < -0.3 is 0 Å². The van der Waals surface area contributed by atoms with Crippen LogP contribution in [-0.4, -0.2) is 14.6 Å². The Bertz CT molecular complexity index is 973. The van der Waals surface area contributed by atoms with E-state index in [2.05, 4.69) is 17.2 Å². The van der Waals surface area contributed by atoms with Gasteiger partial charge in [0.25, 0.3) is 0 Å². The number of aryl methyl sites for hydroxylation is 1. The number of aromatic nitrogens is 3. The Morgan fingerprint density at radius 1 is 0.913 bits per heavy atom. The van der Waals surface area contributed by atoms with E-state index in [1.54, 1.807) is 0 Å². The summed E-state index contributed by atoms with van der Waals surface area (Å²) in [6, 6.07) is 20.0. The Morgan fingerprint density at radius 3 is 2.39 bits per heavy atom. The van der Waals surface area contributed by atoms with Crippen molar-refractivity contribution in [1.82, 2.24) is 14.6 Å². The summed E-state index contributed by atoms with van der Waals surface area (Å²) < 4.78 is 1.88. The smallest absolute Gasteiger partial charge is 0.163 e. The maximum absolute atomic E-state index is 5.98. The molecule has 0 spiro atoms. The number of fused-ring (bicyclic) bond motifs is 1. The summed E-state index contributed by atoms with van der Waals surface area (Å²) in [7, 11) is 0. The van der Waals surface area contributed by atoms with Crippen molar-refractivity contribution in [2.24, 2.45) is 0 Å². The van der Waals surface area contributed by atoms with Crippen LogP contribution in [0.4, 0.5) is 0 Å². The molecule has 0 N–H and O–H groups in total. The molecule has 0 atom stereocenters. The molecule has 0 unspecified atom stereocenters. The van der Waals surface area contributed by atoms with Crippen molar-refractivity contribution in [2.75, 3.05) is 0 Å². The lowest BCUT2D eigenvalue weighted by molar-refractivity contribution is 0.896. The second-order valence-electron chi connectivity index (χ2n) is 5.45. The molecule has 4 aromatic rings. The van der Waals surface area contributed by atoms with Crippen LogP contribution in [0.3, 0.4) is 0 Å². The number of halogens is 1. The van der Waals surface area contributed by atoms with Gasteiger partial charge in [0, 0.05) is 21.8 Å². The minimum Gasteiger partial charge on any atom is -0.228 e. The minimum absolute atomic E-state index is 0.723. The van der Waals surface area contributed by atoms with Crippen molar-refractivity contribution in [3.63, 3.8) is 0 Å². The summed E-state index contributed by atoms with van der Waals surface area (Å²) in [5, 5.41) is 5.20. The molecular weight excluding hydrogens is 306 g/mol. The summed E-state index contributed by atoms with van der Waals surface area (Å²) >= 11 is 5.98. The van der Waals surface area contributed by atoms with Crippen LogP contribution in [-0.2, 0) is 0 Å². The quantitative estimate of drug-likeness (QED) is 0.519. The van der Waals surface area contributed by atoms with Crippen LogP contribution in [0.25, 0.3) is 28.0 Å². The van der Waals surface area contributed by atoms with E-state index in [1.165, 1.54) is 0 Å². The van der Waals surface area contributed by atoms with E-state index in [0.29, 0.717) is 0 Å². The Kier molecular flexibility index (Phi) is 3.36. The second-order valence-corrected chi connectivity index (χ2v) is 5.89. The van der Waals surface area contributed by atoms with Gasteiger partial charge in [-0.3, -0.25) is 0 Å². The van der Waals surface area contributed by atoms with Crippen LogP contribution in [0, 0.1) is 6.92 Å². The zero-order valence-electron chi connectivity index (χ0n) is 12.6. The largest absolute Gasteiger partial charge is 0.228 e. The van der Waals surface area contributed by atoms with E-state index in [0.717, 1.165) is 38.7 Å². The first-order chi connectivity index (χ1) is 11.2. The van der Waals surface area contributed by atoms with Crippen molar-refractivity contribution >= 4 is 17.2 Å². The average molecular weight is 320 g/mol. The number of nitrogens with zero attached hydrogens (tertiary/aromatic N) is 3. The molecule has 0 amide bonds. The SMILES string of the molecule is Cc1cc(-c2ccc(Cl)cc2)nc2c(-c3ccccc3)cnn12. The predicted octanol–water partition coefficient (Wildman–Crippen LogP) is 5.03. The number of benzene rings is 2. The van der Waals surface area contributed by atoms with Crippen molar-refractivity contribution in [1.29, 1.82) is 0 Å². The Labute approximate surface area is 139 Å². The normalized spacial score (nSPS) is 11.0. The fourth-order valence-electron chi connectivity index (χ4n) is 2.70. The first-order valence-electron chi connectivity index (χ1n) is 7.39. The van der Waals surface area contributed by atoms with E-state index in [9.17, 15) is 0 Å². The summed E-state index contributed by atoms with van der Waals surface area (Å²) in [5.74, 6) is 0. The highest BCUT2D eigenvalue weighted by Crippen LogP contribution is 2.27. The van der Waals surface area contributed by atoms with Gasteiger partial charge in [-0.15, -0.1) is 0 Å². The van der Waals surface area contributed by atoms with Crippen LogP contribution < -0.4 is 0 Å². The van der Waals surface area contributed by atoms with Gasteiger partial charge in [0.2, 0.25) is 0 Å². The Hall–Kier alpha value is -2.65.